The van der Waals surface area contributed by atoms with Crippen molar-refractivity contribution >= 4 is 17.7 Å². The Balaban J connectivity index is 2.34. The van der Waals surface area contributed by atoms with Gasteiger partial charge in [0.2, 0.25) is 0 Å². The Morgan fingerprint density at radius 3 is 2.90 bits per heavy atom. The fraction of sp³-hybridized carbons (Fsp3) is 0.833. The number of cyclic esters (lactones) is 1. The predicted molar refractivity (Wildman–Crippen MR) is 38.6 cm³/mol. The van der Waals surface area contributed by atoms with Crippen molar-refractivity contribution in [1.29, 1.82) is 0 Å². The molecule has 0 aromatic rings. The van der Waals surface area contributed by atoms with Crippen LogP contribution in [0.25, 0.3) is 0 Å². The lowest BCUT2D eigenvalue weighted by Gasteiger charge is -2.05. The summed E-state index contributed by atoms with van der Waals surface area (Å²) >= 11 is 1.40. The molecule has 1 fully saturated rings. The lowest BCUT2D eigenvalue weighted by atomic mass is 10.5. The van der Waals surface area contributed by atoms with Crippen molar-refractivity contribution in [3.8, 4) is 0 Å². The van der Waals surface area contributed by atoms with Crippen molar-refractivity contribution in [3.05, 3.63) is 0 Å². The SMILES string of the molecule is CCOC1OC(=O)C(C)S1. The number of hydrogen-bond acceptors (Lipinski definition) is 4. The van der Waals surface area contributed by atoms with Gasteiger partial charge in [0.15, 0.2) is 0 Å². The molecule has 1 rings (SSSR count). The van der Waals surface area contributed by atoms with Crippen molar-refractivity contribution in [3.63, 3.8) is 0 Å². The highest BCUT2D eigenvalue weighted by Gasteiger charge is 2.31. The van der Waals surface area contributed by atoms with Crippen LogP contribution in [-0.2, 0) is 14.3 Å². The van der Waals surface area contributed by atoms with Crippen molar-refractivity contribution in [2.75, 3.05) is 6.61 Å². The van der Waals surface area contributed by atoms with Gasteiger partial charge in [0.1, 0.15) is 5.25 Å². The first-order chi connectivity index (χ1) is 4.74. The fourth-order valence-electron chi connectivity index (χ4n) is 0.650. The zero-order valence-corrected chi connectivity index (χ0v) is 6.81. The molecular weight excluding hydrogens is 152 g/mol. The highest BCUT2D eigenvalue weighted by atomic mass is 32.2. The van der Waals surface area contributed by atoms with Crippen LogP contribution in [0.3, 0.4) is 0 Å². The van der Waals surface area contributed by atoms with E-state index in [4.69, 9.17) is 9.47 Å². The molecule has 0 N–H and O–H groups in total. The molecule has 3 nitrogen and oxygen atoms in total. The summed E-state index contributed by atoms with van der Waals surface area (Å²) in [6.45, 7) is 4.26. The molecule has 58 valence electrons. The van der Waals surface area contributed by atoms with Crippen LogP contribution in [0.1, 0.15) is 13.8 Å². The predicted octanol–water partition coefficient (Wildman–Crippen LogP) is 0.985. The van der Waals surface area contributed by atoms with Crippen LogP contribution in [0.15, 0.2) is 0 Å². The van der Waals surface area contributed by atoms with Crippen LogP contribution >= 0.6 is 11.8 Å². The third kappa shape index (κ3) is 1.64. The lowest BCUT2D eigenvalue weighted by molar-refractivity contribution is -0.155. The van der Waals surface area contributed by atoms with Gasteiger partial charge < -0.3 is 9.47 Å². The molecule has 2 unspecified atom stereocenters. The normalized spacial score (nSPS) is 32.4. The molecule has 1 aliphatic heterocycles. The van der Waals surface area contributed by atoms with Gasteiger partial charge in [0.05, 0.1) is 0 Å². The summed E-state index contributed by atoms with van der Waals surface area (Å²) in [5.41, 5.74) is -0.368. The van der Waals surface area contributed by atoms with Crippen molar-refractivity contribution in [2.24, 2.45) is 0 Å². The molecule has 10 heavy (non-hydrogen) atoms. The Morgan fingerprint density at radius 2 is 2.50 bits per heavy atom. The summed E-state index contributed by atoms with van der Waals surface area (Å²) in [6, 6.07) is 0. The molecule has 0 radical (unpaired) electrons. The van der Waals surface area contributed by atoms with Crippen molar-refractivity contribution < 1.29 is 14.3 Å². The summed E-state index contributed by atoms with van der Waals surface area (Å²) in [4.78, 5) is 10.7. The maximum atomic E-state index is 10.7. The minimum atomic E-state index is -0.368. The summed E-state index contributed by atoms with van der Waals surface area (Å²) in [7, 11) is 0. The fourth-order valence-corrected chi connectivity index (χ4v) is 1.52. The van der Waals surface area contributed by atoms with Crippen molar-refractivity contribution in [2.45, 2.75) is 24.7 Å². The van der Waals surface area contributed by atoms with Gasteiger partial charge in [-0.15, -0.1) is 0 Å². The average molecular weight is 162 g/mol. The molecule has 1 heterocycles. The minimum Gasteiger partial charge on any atom is -0.425 e. The Labute approximate surface area is 64.1 Å². The van der Waals surface area contributed by atoms with Crippen LogP contribution in [0.4, 0.5) is 0 Å². The molecule has 0 aromatic carbocycles. The molecule has 4 heteroatoms. The molecule has 0 amide bonds. The Morgan fingerprint density at radius 1 is 1.80 bits per heavy atom. The molecule has 1 aliphatic rings. The summed E-state index contributed by atoms with van der Waals surface area (Å²) in [5, 5.41) is -0.0726. The van der Waals surface area contributed by atoms with Gasteiger partial charge in [0, 0.05) is 6.61 Å². The first-order valence-electron chi connectivity index (χ1n) is 3.21. The molecule has 0 aliphatic carbocycles. The van der Waals surface area contributed by atoms with Gasteiger partial charge in [-0.2, -0.15) is 0 Å². The molecule has 0 saturated carbocycles. The minimum absolute atomic E-state index is 0.0726. The third-order valence-electron chi connectivity index (χ3n) is 1.16. The quantitative estimate of drug-likeness (QED) is 0.567. The highest BCUT2D eigenvalue weighted by molar-refractivity contribution is 8.01. The summed E-state index contributed by atoms with van der Waals surface area (Å²) in [5.74, 6) is -0.177. The van der Waals surface area contributed by atoms with E-state index in [-0.39, 0.29) is 16.8 Å². The summed E-state index contributed by atoms with van der Waals surface area (Å²) in [6.07, 6.45) is 0. The third-order valence-corrected chi connectivity index (χ3v) is 2.22. The second-order valence-electron chi connectivity index (χ2n) is 1.96. The number of carbonyl (C=O) groups excluding carboxylic acids is 1. The molecule has 0 bridgehead atoms. The van der Waals surface area contributed by atoms with Gasteiger partial charge >= 0.3 is 5.97 Å². The zero-order valence-electron chi connectivity index (χ0n) is 5.99. The van der Waals surface area contributed by atoms with Gasteiger partial charge in [-0.05, 0) is 13.8 Å². The number of rotatable bonds is 2. The number of carbonyl (C=O) groups is 1. The Bertz CT molecular complexity index is 137. The van der Waals surface area contributed by atoms with Crippen LogP contribution in [-0.4, -0.2) is 23.4 Å². The molecule has 0 spiro atoms. The van der Waals surface area contributed by atoms with E-state index in [1.54, 1.807) is 0 Å². The molecular formula is C6H10O3S. The van der Waals surface area contributed by atoms with E-state index in [2.05, 4.69) is 0 Å². The second-order valence-corrected chi connectivity index (χ2v) is 3.32. The first-order valence-corrected chi connectivity index (χ1v) is 4.16. The largest absolute Gasteiger partial charge is 0.425 e. The molecule has 0 aromatic heterocycles. The van der Waals surface area contributed by atoms with Gasteiger partial charge in [0.25, 0.3) is 5.62 Å². The standard InChI is InChI=1S/C6H10O3S/c1-3-8-6-9-5(7)4(2)10-6/h4,6H,3H2,1-2H3. The number of ether oxygens (including phenoxy) is 2. The van der Waals surface area contributed by atoms with E-state index in [0.717, 1.165) is 0 Å². The smallest absolute Gasteiger partial charge is 0.321 e. The van der Waals surface area contributed by atoms with Crippen LogP contribution in [0.2, 0.25) is 0 Å². The average Bonchev–Trinajstić information content (AvgIpc) is 2.14. The second kappa shape index (κ2) is 3.25. The van der Waals surface area contributed by atoms with E-state index in [9.17, 15) is 4.79 Å². The van der Waals surface area contributed by atoms with Crippen LogP contribution in [0.5, 0.6) is 0 Å². The first kappa shape index (κ1) is 7.88. The lowest BCUT2D eigenvalue weighted by Crippen LogP contribution is -2.10. The number of esters is 1. The van der Waals surface area contributed by atoms with E-state index >= 15 is 0 Å². The maximum Gasteiger partial charge on any atom is 0.321 e. The Kier molecular flexibility index (Phi) is 2.56. The van der Waals surface area contributed by atoms with E-state index in [0.29, 0.717) is 6.61 Å². The van der Waals surface area contributed by atoms with E-state index in [1.165, 1.54) is 11.8 Å². The Hall–Kier alpha value is -0.220. The number of hydrogen-bond donors (Lipinski definition) is 0. The van der Waals surface area contributed by atoms with E-state index < -0.39 is 0 Å². The van der Waals surface area contributed by atoms with Crippen LogP contribution < -0.4 is 0 Å². The molecule has 2 atom stereocenters. The number of thioether (sulfide) groups is 1. The summed E-state index contributed by atoms with van der Waals surface area (Å²) < 4.78 is 9.88. The molecule has 1 saturated heterocycles. The van der Waals surface area contributed by atoms with Crippen LogP contribution in [0, 0.1) is 0 Å². The van der Waals surface area contributed by atoms with Crippen molar-refractivity contribution in [1.82, 2.24) is 0 Å². The van der Waals surface area contributed by atoms with E-state index in [1.807, 2.05) is 13.8 Å². The zero-order chi connectivity index (χ0) is 7.56. The maximum absolute atomic E-state index is 10.7. The monoisotopic (exact) mass is 162 g/mol. The van der Waals surface area contributed by atoms with Gasteiger partial charge in [-0.1, -0.05) is 11.8 Å². The van der Waals surface area contributed by atoms with Gasteiger partial charge in [-0.25, -0.2) is 0 Å². The topological polar surface area (TPSA) is 35.5 Å². The van der Waals surface area contributed by atoms with Gasteiger partial charge in [-0.3, -0.25) is 4.79 Å². The highest BCUT2D eigenvalue weighted by Crippen LogP contribution is 2.28.